The number of piperazine rings is 1. The van der Waals surface area contributed by atoms with Crippen LogP contribution in [0.1, 0.15) is 31.9 Å². The summed E-state index contributed by atoms with van der Waals surface area (Å²) in [4.78, 5) is 22.0. The van der Waals surface area contributed by atoms with Gasteiger partial charge < -0.3 is 15.0 Å². The van der Waals surface area contributed by atoms with Gasteiger partial charge >= 0.3 is 5.97 Å². The van der Waals surface area contributed by atoms with Gasteiger partial charge in [0.2, 0.25) is 0 Å². The number of carbonyl (C=O) groups excluding carboxylic acids is 1. The van der Waals surface area contributed by atoms with E-state index in [1.165, 1.54) is 11.1 Å². The summed E-state index contributed by atoms with van der Waals surface area (Å²) in [6, 6.07) is 20.6. The second-order valence-corrected chi connectivity index (χ2v) is 8.97. The number of anilines is 3. The lowest BCUT2D eigenvalue weighted by atomic mass is 10.1. The molecule has 6 heteroatoms. The van der Waals surface area contributed by atoms with Crippen LogP contribution in [0.15, 0.2) is 66.9 Å². The number of para-hydroxylation sites is 1. The van der Waals surface area contributed by atoms with Crippen LogP contribution in [0.5, 0.6) is 5.75 Å². The number of nitrogens with zero attached hydrogens (tertiary/aromatic N) is 3. The first-order chi connectivity index (χ1) is 16.5. The van der Waals surface area contributed by atoms with Gasteiger partial charge in [0.05, 0.1) is 11.6 Å². The van der Waals surface area contributed by atoms with E-state index in [0.29, 0.717) is 11.6 Å². The molecule has 0 unspecified atom stereocenters. The van der Waals surface area contributed by atoms with Crippen molar-refractivity contribution < 1.29 is 9.53 Å². The first-order valence-electron chi connectivity index (χ1n) is 12.1. The maximum atomic E-state index is 12.6. The van der Waals surface area contributed by atoms with Crippen molar-refractivity contribution in [3.63, 3.8) is 0 Å². The Morgan fingerprint density at radius 1 is 0.971 bits per heavy atom. The summed E-state index contributed by atoms with van der Waals surface area (Å²) < 4.78 is 5.94. The minimum atomic E-state index is -0.260. The van der Waals surface area contributed by atoms with Crippen molar-refractivity contribution in [2.24, 2.45) is 5.92 Å². The number of esters is 1. The second kappa shape index (κ2) is 11.2. The third-order valence-electron chi connectivity index (χ3n) is 6.15. The predicted molar refractivity (Wildman–Crippen MR) is 138 cm³/mol. The Bertz CT molecular complexity index is 1090. The number of ether oxygens (including phenoxy) is 1. The fourth-order valence-electron chi connectivity index (χ4n) is 4.13. The van der Waals surface area contributed by atoms with Crippen LogP contribution >= 0.6 is 0 Å². The zero-order chi connectivity index (χ0) is 23.9. The minimum Gasteiger partial charge on any atom is -0.420 e. The van der Waals surface area contributed by atoms with Crippen LogP contribution in [-0.4, -0.2) is 42.0 Å². The SMILES string of the molecule is CCc1ccccc1Nc1ccnc(N2CCN(Cc3ccccc3)CC2)c1OC(=O)C(C)C. The molecule has 1 fully saturated rings. The van der Waals surface area contributed by atoms with E-state index in [0.717, 1.165) is 50.5 Å². The van der Waals surface area contributed by atoms with E-state index in [1.807, 2.05) is 38.1 Å². The molecule has 6 nitrogen and oxygen atoms in total. The maximum Gasteiger partial charge on any atom is 0.313 e. The Kier molecular flexibility index (Phi) is 7.80. The van der Waals surface area contributed by atoms with E-state index in [1.54, 1.807) is 6.20 Å². The predicted octanol–water partition coefficient (Wildman–Crippen LogP) is 5.27. The molecule has 1 aliphatic heterocycles. The van der Waals surface area contributed by atoms with E-state index in [-0.39, 0.29) is 11.9 Å². The summed E-state index contributed by atoms with van der Waals surface area (Å²) in [5.41, 5.74) is 4.29. The topological polar surface area (TPSA) is 57.7 Å². The number of nitrogens with one attached hydrogen (secondary N) is 1. The Hall–Kier alpha value is -3.38. The number of hydrogen-bond acceptors (Lipinski definition) is 6. The van der Waals surface area contributed by atoms with E-state index in [2.05, 4.69) is 63.4 Å². The lowest BCUT2D eigenvalue weighted by Gasteiger charge is -2.36. The first kappa shape index (κ1) is 23.8. The summed E-state index contributed by atoms with van der Waals surface area (Å²) in [6.45, 7) is 10.2. The van der Waals surface area contributed by atoms with Crippen molar-refractivity contribution in [2.75, 3.05) is 36.4 Å². The van der Waals surface area contributed by atoms with E-state index < -0.39 is 0 Å². The quantitative estimate of drug-likeness (QED) is 0.464. The zero-order valence-electron chi connectivity index (χ0n) is 20.3. The Labute approximate surface area is 202 Å². The number of aromatic nitrogens is 1. The molecule has 2 aromatic carbocycles. The van der Waals surface area contributed by atoms with Gasteiger partial charge in [0.1, 0.15) is 0 Å². The summed E-state index contributed by atoms with van der Waals surface area (Å²) in [5.74, 6) is 0.728. The van der Waals surface area contributed by atoms with Gasteiger partial charge in [-0.25, -0.2) is 4.98 Å². The normalized spacial score (nSPS) is 14.3. The fraction of sp³-hybridized carbons (Fsp3) is 0.357. The average molecular weight is 459 g/mol. The molecule has 3 aromatic rings. The molecule has 0 saturated carbocycles. The van der Waals surface area contributed by atoms with Crippen LogP contribution in [0.4, 0.5) is 17.2 Å². The standard InChI is InChI=1S/C28H34N4O2/c1-4-23-12-8-9-13-24(23)30-25-14-15-29-27(26(25)34-28(33)21(2)3)32-18-16-31(17-19-32)20-22-10-6-5-7-11-22/h5-15,21H,4,16-20H2,1-3H3,(H,29,30). The average Bonchev–Trinajstić information content (AvgIpc) is 2.86. The van der Waals surface area contributed by atoms with Crippen LogP contribution in [0, 0.1) is 5.92 Å². The number of pyridine rings is 1. The Balaban J connectivity index is 1.56. The van der Waals surface area contributed by atoms with Crippen molar-refractivity contribution in [2.45, 2.75) is 33.7 Å². The summed E-state index contributed by atoms with van der Waals surface area (Å²) in [6.07, 6.45) is 2.70. The Morgan fingerprint density at radius 3 is 2.38 bits per heavy atom. The van der Waals surface area contributed by atoms with Gasteiger partial charge in [-0.15, -0.1) is 0 Å². The summed E-state index contributed by atoms with van der Waals surface area (Å²) >= 11 is 0. The third kappa shape index (κ3) is 5.75. The molecule has 1 aromatic heterocycles. The molecule has 1 aliphatic rings. The van der Waals surface area contributed by atoms with Crippen molar-refractivity contribution in [3.05, 3.63) is 78.0 Å². The molecule has 0 radical (unpaired) electrons. The molecule has 0 atom stereocenters. The van der Waals surface area contributed by atoms with E-state index in [4.69, 9.17) is 4.74 Å². The molecule has 0 aliphatic carbocycles. The zero-order valence-corrected chi connectivity index (χ0v) is 20.3. The number of carbonyl (C=O) groups is 1. The molecule has 4 rings (SSSR count). The molecular formula is C28H34N4O2. The lowest BCUT2D eigenvalue weighted by Crippen LogP contribution is -2.46. The van der Waals surface area contributed by atoms with Crippen molar-refractivity contribution in [1.29, 1.82) is 0 Å². The van der Waals surface area contributed by atoms with Crippen LogP contribution in [0.25, 0.3) is 0 Å². The largest absolute Gasteiger partial charge is 0.420 e. The first-order valence-corrected chi connectivity index (χ1v) is 12.1. The second-order valence-electron chi connectivity index (χ2n) is 8.97. The van der Waals surface area contributed by atoms with Crippen LogP contribution in [-0.2, 0) is 17.8 Å². The van der Waals surface area contributed by atoms with Gasteiger partial charge in [-0.1, -0.05) is 69.3 Å². The Morgan fingerprint density at radius 2 is 1.68 bits per heavy atom. The number of aryl methyl sites for hydroxylation is 1. The van der Waals surface area contributed by atoms with Crippen molar-refractivity contribution in [1.82, 2.24) is 9.88 Å². The highest BCUT2D eigenvalue weighted by atomic mass is 16.5. The van der Waals surface area contributed by atoms with Gasteiger partial charge in [-0.3, -0.25) is 9.69 Å². The van der Waals surface area contributed by atoms with Gasteiger partial charge in [-0.05, 0) is 29.7 Å². The highest BCUT2D eigenvalue weighted by molar-refractivity contribution is 5.82. The molecular weight excluding hydrogens is 424 g/mol. The number of hydrogen-bond donors (Lipinski definition) is 1. The highest BCUT2D eigenvalue weighted by Gasteiger charge is 2.25. The van der Waals surface area contributed by atoms with Gasteiger partial charge in [-0.2, -0.15) is 0 Å². The molecule has 2 heterocycles. The van der Waals surface area contributed by atoms with Crippen molar-refractivity contribution in [3.8, 4) is 5.75 Å². The number of rotatable bonds is 8. The third-order valence-corrected chi connectivity index (χ3v) is 6.15. The fourth-order valence-corrected chi connectivity index (χ4v) is 4.13. The maximum absolute atomic E-state index is 12.6. The smallest absolute Gasteiger partial charge is 0.313 e. The lowest BCUT2D eigenvalue weighted by molar-refractivity contribution is -0.137. The van der Waals surface area contributed by atoms with Gasteiger partial charge in [0.15, 0.2) is 11.6 Å². The molecule has 1 saturated heterocycles. The molecule has 0 spiro atoms. The van der Waals surface area contributed by atoms with Crippen LogP contribution in [0.3, 0.4) is 0 Å². The molecule has 178 valence electrons. The molecule has 0 amide bonds. The number of benzene rings is 2. The van der Waals surface area contributed by atoms with E-state index >= 15 is 0 Å². The highest BCUT2D eigenvalue weighted by Crippen LogP contribution is 2.37. The van der Waals surface area contributed by atoms with Gasteiger partial charge in [0, 0.05) is 44.6 Å². The molecule has 1 N–H and O–H groups in total. The minimum absolute atomic E-state index is 0.230. The van der Waals surface area contributed by atoms with Crippen LogP contribution in [0.2, 0.25) is 0 Å². The summed E-state index contributed by atoms with van der Waals surface area (Å²) in [5, 5.41) is 3.50. The molecule has 0 bridgehead atoms. The summed E-state index contributed by atoms with van der Waals surface area (Å²) in [7, 11) is 0. The van der Waals surface area contributed by atoms with Gasteiger partial charge in [0.25, 0.3) is 0 Å². The monoisotopic (exact) mass is 458 g/mol. The van der Waals surface area contributed by atoms with Crippen molar-refractivity contribution >= 4 is 23.2 Å². The van der Waals surface area contributed by atoms with E-state index in [9.17, 15) is 4.79 Å². The van der Waals surface area contributed by atoms with Crippen LogP contribution < -0.4 is 15.0 Å². The molecule has 34 heavy (non-hydrogen) atoms.